The van der Waals surface area contributed by atoms with Crippen LogP contribution < -0.4 is 0 Å². The number of hydrogen-bond acceptors (Lipinski definition) is 0. The molecule has 9 aromatic rings. The van der Waals surface area contributed by atoms with E-state index in [0.29, 0.717) is 0 Å². The molecule has 0 fully saturated rings. The third kappa shape index (κ3) is 3.61. The Morgan fingerprint density at radius 3 is 1.66 bits per heavy atom. The van der Waals surface area contributed by atoms with Crippen molar-refractivity contribution in [3.8, 4) is 33.6 Å². The predicted molar refractivity (Wildman–Crippen MR) is 186 cm³/mol. The summed E-state index contributed by atoms with van der Waals surface area (Å²) < 4.78 is 4.92. The highest BCUT2D eigenvalue weighted by Crippen LogP contribution is 2.44. The molecule has 0 spiro atoms. The average molecular weight is 561 g/mol. The number of benzene rings is 7. The highest BCUT2D eigenvalue weighted by molar-refractivity contribution is 6.26. The third-order valence-corrected chi connectivity index (χ3v) is 8.91. The molecule has 0 saturated carbocycles. The van der Waals surface area contributed by atoms with Gasteiger partial charge in [0.15, 0.2) is 0 Å². The number of nitrogens with zero attached hydrogens (tertiary/aromatic N) is 2. The van der Waals surface area contributed by atoms with E-state index in [1.807, 2.05) is 0 Å². The van der Waals surface area contributed by atoms with Crippen molar-refractivity contribution >= 4 is 43.6 Å². The van der Waals surface area contributed by atoms with Crippen LogP contribution >= 0.6 is 0 Å². The number of hydrogen-bond donors (Lipinski definition) is 0. The van der Waals surface area contributed by atoms with E-state index in [2.05, 4.69) is 179 Å². The molecule has 44 heavy (non-hydrogen) atoms. The maximum atomic E-state index is 2.48. The third-order valence-electron chi connectivity index (χ3n) is 8.91. The Hall–Kier alpha value is -5.86. The highest BCUT2D eigenvalue weighted by Gasteiger charge is 2.22. The van der Waals surface area contributed by atoms with Crippen LogP contribution in [0.4, 0.5) is 0 Å². The van der Waals surface area contributed by atoms with Crippen molar-refractivity contribution in [2.45, 2.75) is 0 Å². The van der Waals surface area contributed by atoms with Crippen LogP contribution in [0.2, 0.25) is 0 Å². The molecule has 0 bridgehead atoms. The van der Waals surface area contributed by atoms with Crippen molar-refractivity contribution in [3.05, 3.63) is 170 Å². The second kappa shape index (κ2) is 9.86. The van der Waals surface area contributed by atoms with Gasteiger partial charge in [0, 0.05) is 32.8 Å². The summed E-state index contributed by atoms with van der Waals surface area (Å²) in [7, 11) is 0. The number of fused-ring (bicyclic) bond motifs is 7. The largest absolute Gasteiger partial charge is 0.309 e. The molecule has 0 saturated heterocycles. The molecular weight excluding hydrogens is 532 g/mol. The van der Waals surface area contributed by atoms with Gasteiger partial charge in [0.1, 0.15) is 0 Å². The molecule has 2 aromatic heterocycles. The van der Waals surface area contributed by atoms with Gasteiger partial charge in [-0.25, -0.2) is 0 Å². The molecule has 2 heterocycles. The van der Waals surface area contributed by atoms with E-state index in [-0.39, 0.29) is 0 Å². The fourth-order valence-corrected chi connectivity index (χ4v) is 7.11. The Balaban J connectivity index is 1.47. The van der Waals surface area contributed by atoms with Crippen molar-refractivity contribution < 1.29 is 0 Å². The number of para-hydroxylation sites is 3. The van der Waals surface area contributed by atoms with Gasteiger partial charge in [0.25, 0.3) is 0 Å². The molecule has 2 heteroatoms. The van der Waals surface area contributed by atoms with Gasteiger partial charge in [-0.3, -0.25) is 0 Å². The van der Waals surface area contributed by atoms with Gasteiger partial charge in [0.2, 0.25) is 0 Å². The van der Waals surface area contributed by atoms with E-state index >= 15 is 0 Å². The first-order chi connectivity index (χ1) is 21.9. The van der Waals surface area contributed by atoms with Crippen LogP contribution in [-0.4, -0.2) is 9.13 Å². The molecule has 7 aromatic carbocycles. The quantitative estimate of drug-likeness (QED) is 0.203. The molecular formula is C42H28N2. The minimum atomic E-state index is 1.17. The Kier molecular flexibility index (Phi) is 5.54. The van der Waals surface area contributed by atoms with Gasteiger partial charge in [0.05, 0.1) is 27.8 Å². The molecule has 206 valence electrons. The average Bonchev–Trinajstić information content (AvgIpc) is 3.62. The van der Waals surface area contributed by atoms with E-state index in [0.717, 1.165) is 0 Å². The first-order valence-electron chi connectivity index (χ1n) is 15.1. The van der Waals surface area contributed by atoms with Gasteiger partial charge in [-0.2, -0.15) is 0 Å². The number of rotatable bonds is 4. The van der Waals surface area contributed by atoms with E-state index in [4.69, 9.17) is 0 Å². The lowest BCUT2D eigenvalue weighted by atomic mass is 9.93. The highest BCUT2D eigenvalue weighted by atomic mass is 15.0. The zero-order chi connectivity index (χ0) is 29.0. The summed E-state index contributed by atoms with van der Waals surface area (Å²) in [4.78, 5) is 0. The van der Waals surface area contributed by atoms with Gasteiger partial charge in [-0.05, 0) is 53.1 Å². The zero-order valence-corrected chi connectivity index (χ0v) is 24.1. The second-order valence-electron chi connectivity index (χ2n) is 11.3. The normalized spacial score (nSPS) is 11.6. The topological polar surface area (TPSA) is 9.86 Å². The molecule has 0 aliphatic carbocycles. The standard InChI is InChI=1S/C42H28N2/c1-4-15-29(16-5-1)32-23-14-26-38(40(32)30-17-6-2-7-18-30)44-37-25-13-11-22-35(37)41-39(44)28-27-34-33-21-10-12-24-36(33)43(42(34)41)31-19-8-3-9-20-31/h1-28H. The van der Waals surface area contributed by atoms with Crippen molar-refractivity contribution in [3.63, 3.8) is 0 Å². The molecule has 0 radical (unpaired) electrons. The fraction of sp³-hybridized carbons (Fsp3) is 0. The van der Waals surface area contributed by atoms with Crippen LogP contribution in [0, 0.1) is 0 Å². The Morgan fingerprint density at radius 1 is 0.341 bits per heavy atom. The lowest BCUT2D eigenvalue weighted by Gasteiger charge is -2.18. The summed E-state index contributed by atoms with van der Waals surface area (Å²) in [5.41, 5.74) is 12.0. The van der Waals surface area contributed by atoms with E-state index in [1.54, 1.807) is 0 Å². The molecule has 9 rings (SSSR count). The fourth-order valence-electron chi connectivity index (χ4n) is 7.11. The lowest BCUT2D eigenvalue weighted by molar-refractivity contribution is 1.17. The van der Waals surface area contributed by atoms with Crippen molar-refractivity contribution in [2.24, 2.45) is 0 Å². The van der Waals surface area contributed by atoms with E-state index < -0.39 is 0 Å². The first kappa shape index (κ1) is 24.7. The molecule has 0 N–H and O–H groups in total. The van der Waals surface area contributed by atoms with Crippen molar-refractivity contribution in [2.75, 3.05) is 0 Å². The molecule has 0 atom stereocenters. The summed E-state index contributed by atoms with van der Waals surface area (Å²) in [6.07, 6.45) is 0. The summed E-state index contributed by atoms with van der Waals surface area (Å²) in [5, 5.41) is 5.04. The van der Waals surface area contributed by atoms with E-state index in [1.165, 1.54) is 77.2 Å². The Bertz CT molecular complexity index is 2470. The van der Waals surface area contributed by atoms with Crippen molar-refractivity contribution in [1.82, 2.24) is 9.13 Å². The van der Waals surface area contributed by atoms with Crippen LogP contribution in [-0.2, 0) is 0 Å². The molecule has 0 unspecified atom stereocenters. The van der Waals surface area contributed by atoms with Crippen LogP contribution in [0.3, 0.4) is 0 Å². The summed E-state index contributed by atoms with van der Waals surface area (Å²) in [6.45, 7) is 0. The minimum Gasteiger partial charge on any atom is -0.309 e. The van der Waals surface area contributed by atoms with Crippen LogP contribution in [0.1, 0.15) is 0 Å². The zero-order valence-electron chi connectivity index (χ0n) is 24.1. The maximum absolute atomic E-state index is 2.48. The maximum Gasteiger partial charge on any atom is 0.0641 e. The SMILES string of the molecule is c1ccc(-c2cccc(-n3c4ccccc4c4c3ccc3c5ccccc5n(-c5ccccc5)c34)c2-c2ccccc2)cc1. The molecule has 0 amide bonds. The van der Waals surface area contributed by atoms with Gasteiger partial charge < -0.3 is 9.13 Å². The molecule has 0 aliphatic rings. The minimum absolute atomic E-state index is 1.17. The lowest BCUT2D eigenvalue weighted by Crippen LogP contribution is -1.99. The molecule has 0 aliphatic heterocycles. The molecule has 2 nitrogen and oxygen atoms in total. The first-order valence-corrected chi connectivity index (χ1v) is 15.1. The predicted octanol–water partition coefficient (Wildman–Crippen LogP) is 11.2. The Morgan fingerprint density at radius 2 is 0.932 bits per heavy atom. The summed E-state index contributed by atoms with van der Waals surface area (Å²) in [5.74, 6) is 0. The van der Waals surface area contributed by atoms with Crippen LogP contribution in [0.15, 0.2) is 170 Å². The number of aromatic nitrogens is 2. The monoisotopic (exact) mass is 560 g/mol. The smallest absolute Gasteiger partial charge is 0.0641 e. The second-order valence-corrected chi connectivity index (χ2v) is 11.3. The van der Waals surface area contributed by atoms with Crippen molar-refractivity contribution in [1.29, 1.82) is 0 Å². The van der Waals surface area contributed by atoms with Crippen LogP contribution in [0.5, 0.6) is 0 Å². The Labute approximate surface area is 255 Å². The summed E-state index contributed by atoms with van der Waals surface area (Å²) in [6, 6.07) is 61.3. The van der Waals surface area contributed by atoms with E-state index in [9.17, 15) is 0 Å². The van der Waals surface area contributed by atoms with Gasteiger partial charge in [-0.1, -0.05) is 133 Å². The van der Waals surface area contributed by atoms with Gasteiger partial charge >= 0.3 is 0 Å². The van der Waals surface area contributed by atoms with Gasteiger partial charge in [-0.15, -0.1) is 0 Å². The van der Waals surface area contributed by atoms with Crippen LogP contribution in [0.25, 0.3) is 77.2 Å². The summed E-state index contributed by atoms with van der Waals surface area (Å²) >= 11 is 0.